The van der Waals surface area contributed by atoms with Gasteiger partial charge >= 0.3 is 0 Å². The van der Waals surface area contributed by atoms with Gasteiger partial charge in [-0.15, -0.1) is 0 Å². The quantitative estimate of drug-likeness (QED) is 0.761. The van der Waals surface area contributed by atoms with E-state index in [-0.39, 0.29) is 21.9 Å². The molecule has 0 aromatic heterocycles. The normalized spacial score (nSPS) is 21.2. The molecule has 2 saturated carbocycles. The predicted octanol–water partition coefficient (Wildman–Crippen LogP) is 3.59. The zero-order chi connectivity index (χ0) is 18.8. The highest BCUT2D eigenvalue weighted by atomic mass is 32.2. The molecule has 0 spiro atoms. The van der Waals surface area contributed by atoms with E-state index in [1.165, 1.54) is 12.1 Å². The van der Waals surface area contributed by atoms with Crippen LogP contribution in [0.4, 0.5) is 0 Å². The molecule has 2 aliphatic carbocycles. The van der Waals surface area contributed by atoms with Gasteiger partial charge in [0.15, 0.2) is 0 Å². The van der Waals surface area contributed by atoms with Crippen LogP contribution in [0.2, 0.25) is 0 Å². The molecular weight excluding hydrogens is 374 g/mol. The van der Waals surface area contributed by atoms with E-state index in [1.807, 2.05) is 0 Å². The molecule has 0 amide bonds. The first kappa shape index (κ1) is 19.8. The van der Waals surface area contributed by atoms with Crippen molar-refractivity contribution in [1.82, 2.24) is 4.31 Å². The maximum Gasteiger partial charge on any atom is 0.294 e. The van der Waals surface area contributed by atoms with Crippen molar-refractivity contribution in [1.29, 1.82) is 0 Å². The highest BCUT2D eigenvalue weighted by Crippen LogP contribution is 2.34. The fraction of sp³-hybridized carbons (Fsp3) is 0.667. The first-order chi connectivity index (χ1) is 12.3. The molecule has 0 heterocycles. The number of benzene rings is 1. The number of rotatable bonds is 5. The monoisotopic (exact) mass is 401 g/mol. The van der Waals surface area contributed by atoms with Gasteiger partial charge in [0.2, 0.25) is 10.0 Å². The smallest absolute Gasteiger partial charge is 0.282 e. The molecule has 3 rings (SSSR count). The van der Waals surface area contributed by atoms with Gasteiger partial charge in [0.05, 0.1) is 9.79 Å². The summed E-state index contributed by atoms with van der Waals surface area (Å²) in [7, 11) is -8.04. The number of hydrogen-bond donors (Lipinski definition) is 1. The second kappa shape index (κ2) is 7.96. The summed E-state index contributed by atoms with van der Waals surface area (Å²) in [6.45, 7) is 0. The van der Waals surface area contributed by atoms with Crippen LogP contribution in [0.1, 0.15) is 64.2 Å². The van der Waals surface area contributed by atoms with E-state index in [4.69, 9.17) is 4.55 Å². The van der Waals surface area contributed by atoms with E-state index < -0.39 is 20.1 Å². The van der Waals surface area contributed by atoms with Crippen molar-refractivity contribution in [3.63, 3.8) is 0 Å². The van der Waals surface area contributed by atoms with Gasteiger partial charge in [-0.25, -0.2) is 8.42 Å². The lowest BCUT2D eigenvalue weighted by Crippen LogP contribution is -2.48. The van der Waals surface area contributed by atoms with Crippen LogP contribution in [-0.2, 0) is 20.1 Å². The zero-order valence-corrected chi connectivity index (χ0v) is 16.5. The van der Waals surface area contributed by atoms with Gasteiger partial charge in [-0.3, -0.25) is 4.55 Å². The van der Waals surface area contributed by atoms with E-state index in [2.05, 4.69) is 0 Å². The summed E-state index contributed by atoms with van der Waals surface area (Å²) in [5.41, 5.74) is 0. The van der Waals surface area contributed by atoms with Crippen molar-refractivity contribution in [2.45, 2.75) is 86.1 Å². The summed E-state index contributed by atoms with van der Waals surface area (Å²) in [5, 5.41) is 0. The van der Waals surface area contributed by atoms with Crippen LogP contribution >= 0.6 is 0 Å². The Hall–Kier alpha value is -0.960. The Balaban J connectivity index is 1.95. The van der Waals surface area contributed by atoms with Gasteiger partial charge in [0, 0.05) is 12.1 Å². The average molecular weight is 402 g/mol. The molecule has 26 heavy (non-hydrogen) atoms. The maximum absolute atomic E-state index is 13.4. The van der Waals surface area contributed by atoms with Gasteiger partial charge in [-0.1, -0.05) is 38.5 Å². The lowest BCUT2D eigenvalue weighted by atomic mass is 9.91. The highest BCUT2D eigenvalue weighted by molar-refractivity contribution is 7.89. The Kier molecular flexibility index (Phi) is 6.06. The summed E-state index contributed by atoms with van der Waals surface area (Å²) in [6, 6.07) is 4.94. The Morgan fingerprint density at radius 2 is 1.08 bits per heavy atom. The molecular formula is C18H27NO5S2. The van der Waals surface area contributed by atoms with Gasteiger partial charge in [-0.05, 0) is 49.9 Å². The Labute approximate surface area is 156 Å². The highest BCUT2D eigenvalue weighted by Gasteiger charge is 2.38. The van der Waals surface area contributed by atoms with E-state index in [0.29, 0.717) is 0 Å². The van der Waals surface area contributed by atoms with Crippen LogP contribution in [-0.4, -0.2) is 37.8 Å². The molecule has 2 fully saturated rings. The summed E-state index contributed by atoms with van der Waals surface area (Å²) in [5.74, 6) is 0. The Morgan fingerprint density at radius 3 is 1.46 bits per heavy atom. The van der Waals surface area contributed by atoms with Crippen LogP contribution in [0.5, 0.6) is 0 Å². The van der Waals surface area contributed by atoms with E-state index in [1.54, 1.807) is 4.31 Å². The molecule has 0 bridgehead atoms. The number of nitrogens with zero attached hydrogens (tertiary/aromatic N) is 1. The third-order valence-corrected chi connectivity index (χ3v) is 8.45. The summed E-state index contributed by atoms with van der Waals surface area (Å²) >= 11 is 0. The van der Waals surface area contributed by atoms with Crippen molar-refractivity contribution in [2.24, 2.45) is 0 Å². The van der Waals surface area contributed by atoms with Crippen LogP contribution in [0, 0.1) is 0 Å². The molecule has 1 N–H and O–H groups in total. The minimum Gasteiger partial charge on any atom is -0.282 e. The fourth-order valence-corrected chi connectivity index (χ4v) is 6.68. The number of hydrogen-bond acceptors (Lipinski definition) is 4. The van der Waals surface area contributed by atoms with Gasteiger partial charge in [-0.2, -0.15) is 12.7 Å². The molecule has 0 saturated heterocycles. The number of sulfonamides is 1. The molecule has 6 nitrogen and oxygen atoms in total. The van der Waals surface area contributed by atoms with Crippen molar-refractivity contribution >= 4 is 20.1 Å². The third-order valence-electron chi connectivity index (χ3n) is 5.57. The predicted molar refractivity (Wildman–Crippen MR) is 99.0 cm³/mol. The van der Waals surface area contributed by atoms with Crippen molar-refractivity contribution in [2.75, 3.05) is 0 Å². The van der Waals surface area contributed by atoms with Crippen LogP contribution in [0.3, 0.4) is 0 Å². The molecule has 0 atom stereocenters. The molecule has 1 aromatic rings. The molecule has 0 radical (unpaired) electrons. The average Bonchev–Trinajstić information content (AvgIpc) is 2.63. The van der Waals surface area contributed by atoms with Crippen molar-refractivity contribution in [3.8, 4) is 0 Å². The van der Waals surface area contributed by atoms with Crippen molar-refractivity contribution < 1.29 is 21.4 Å². The molecule has 0 aliphatic heterocycles. The lowest BCUT2D eigenvalue weighted by molar-refractivity contribution is 0.169. The second-order valence-electron chi connectivity index (χ2n) is 7.37. The van der Waals surface area contributed by atoms with Crippen molar-refractivity contribution in [3.05, 3.63) is 24.3 Å². The largest absolute Gasteiger partial charge is 0.294 e. The molecule has 146 valence electrons. The SMILES string of the molecule is O=S(=O)(O)c1ccc(S(=O)(=O)N(C2CCCCC2)C2CCCCC2)cc1. The zero-order valence-electron chi connectivity index (χ0n) is 14.9. The van der Waals surface area contributed by atoms with Crippen LogP contribution < -0.4 is 0 Å². The third kappa shape index (κ3) is 4.30. The lowest BCUT2D eigenvalue weighted by Gasteiger charge is -2.40. The molecule has 0 unspecified atom stereocenters. The fourth-order valence-electron chi connectivity index (χ4n) is 4.27. The van der Waals surface area contributed by atoms with Crippen LogP contribution in [0.15, 0.2) is 34.1 Å². The Morgan fingerprint density at radius 1 is 0.692 bits per heavy atom. The molecule has 1 aromatic carbocycles. The standard InChI is InChI=1S/C18H27NO5S2/c20-25(21,17-11-13-18(14-12-17)26(22,23)24)19(15-7-3-1-4-8-15)16-9-5-2-6-10-16/h11-16H,1-10H2,(H,22,23,24). The van der Waals surface area contributed by atoms with Gasteiger partial charge < -0.3 is 0 Å². The summed E-state index contributed by atoms with van der Waals surface area (Å²) < 4.78 is 60.1. The molecule has 8 heteroatoms. The van der Waals surface area contributed by atoms with Gasteiger partial charge in [0.1, 0.15) is 0 Å². The van der Waals surface area contributed by atoms with E-state index in [9.17, 15) is 16.8 Å². The first-order valence-electron chi connectivity index (χ1n) is 9.41. The van der Waals surface area contributed by atoms with E-state index >= 15 is 0 Å². The topological polar surface area (TPSA) is 91.7 Å². The summed E-state index contributed by atoms with van der Waals surface area (Å²) in [4.78, 5) is -0.195. The van der Waals surface area contributed by atoms with E-state index in [0.717, 1.165) is 76.3 Å². The van der Waals surface area contributed by atoms with Crippen LogP contribution in [0.25, 0.3) is 0 Å². The minimum absolute atomic E-state index is 0.0260. The first-order valence-corrected chi connectivity index (χ1v) is 12.3. The minimum atomic E-state index is -4.33. The second-order valence-corrected chi connectivity index (χ2v) is 10.6. The van der Waals surface area contributed by atoms with Gasteiger partial charge in [0.25, 0.3) is 10.1 Å². The maximum atomic E-state index is 13.4. The molecule has 2 aliphatic rings. The Bertz CT molecular complexity index is 788. The summed E-state index contributed by atoms with van der Waals surface area (Å²) in [6.07, 6.45) is 10.0.